The molecular weight excluding hydrogens is 711 g/mol. The fourth-order valence-corrected chi connectivity index (χ4v) is 10.3. The SMILES string of the molecule is Cc1cc(-c2ccc(-c3ccccc3)cc2Nc2ccc(-c3ccccc3)cc2)c2c(c1)N1c3ccccc3C3(c4ccccc4-c4ccccc43)c3cccc(c31)[B]2. The van der Waals surface area contributed by atoms with Gasteiger partial charge in [-0.2, -0.15) is 0 Å². The molecule has 0 saturated carbocycles. The van der Waals surface area contributed by atoms with Crippen LogP contribution in [0.4, 0.5) is 28.4 Å². The van der Waals surface area contributed by atoms with Gasteiger partial charge < -0.3 is 10.2 Å². The molecule has 0 bridgehead atoms. The number of anilines is 5. The first-order chi connectivity index (χ1) is 29.2. The Balaban J connectivity index is 1.05. The van der Waals surface area contributed by atoms with E-state index in [0.717, 1.165) is 16.9 Å². The maximum absolute atomic E-state index is 3.89. The fourth-order valence-electron chi connectivity index (χ4n) is 10.3. The van der Waals surface area contributed by atoms with Crippen LogP contribution in [0.25, 0.3) is 44.5 Å². The van der Waals surface area contributed by atoms with Crippen molar-refractivity contribution in [3.05, 3.63) is 234 Å². The fraction of sp³-hybridized carbons (Fsp3) is 0.0357. The van der Waals surface area contributed by atoms with Gasteiger partial charge in [0.05, 0.1) is 11.1 Å². The predicted molar refractivity (Wildman–Crippen MR) is 248 cm³/mol. The Morgan fingerprint density at radius 2 is 1.00 bits per heavy atom. The zero-order valence-electron chi connectivity index (χ0n) is 32.7. The molecule has 59 heavy (non-hydrogen) atoms. The highest BCUT2D eigenvalue weighted by atomic mass is 15.2. The van der Waals surface area contributed by atoms with Gasteiger partial charge in [0.15, 0.2) is 7.28 Å². The van der Waals surface area contributed by atoms with E-state index in [1.165, 1.54) is 94.7 Å². The van der Waals surface area contributed by atoms with E-state index in [1.54, 1.807) is 0 Å². The lowest BCUT2D eigenvalue weighted by Crippen LogP contribution is -2.47. The summed E-state index contributed by atoms with van der Waals surface area (Å²) >= 11 is 0. The number of para-hydroxylation sites is 2. The van der Waals surface area contributed by atoms with Crippen molar-refractivity contribution >= 4 is 46.6 Å². The standard InChI is InChI=1S/C56H38BN2/c1-36-33-45(44-32-29-40(38-17-6-3-7-18-38)35-51(44)58-41-30-27-39(28-31-41)37-15-4-2-5-16-37)54-53(34-36)59-52-26-13-12-23-48(52)56(49-24-14-25-50(57-54)55(49)59)46-21-10-8-19-42(46)43-20-9-11-22-47(43)56/h2-35,58H,1H3. The van der Waals surface area contributed by atoms with Gasteiger partial charge in [0.1, 0.15) is 0 Å². The van der Waals surface area contributed by atoms with Crippen LogP contribution in [0, 0.1) is 6.92 Å². The lowest BCUT2D eigenvalue weighted by Gasteiger charge is -2.48. The molecule has 1 aliphatic carbocycles. The molecule has 0 unspecified atom stereocenters. The molecule has 1 N–H and O–H groups in total. The number of hydrogen-bond donors (Lipinski definition) is 1. The quantitative estimate of drug-likeness (QED) is 0.176. The molecule has 0 fully saturated rings. The Hall–Kier alpha value is -7.36. The van der Waals surface area contributed by atoms with Crippen molar-refractivity contribution in [2.24, 2.45) is 0 Å². The lowest BCUT2D eigenvalue weighted by molar-refractivity contribution is 0.753. The largest absolute Gasteiger partial charge is 0.355 e. The summed E-state index contributed by atoms with van der Waals surface area (Å²) < 4.78 is 0. The van der Waals surface area contributed by atoms with Crippen LogP contribution in [-0.2, 0) is 5.41 Å². The maximum atomic E-state index is 3.89. The number of nitrogens with zero attached hydrogens (tertiary/aromatic N) is 1. The van der Waals surface area contributed by atoms with Gasteiger partial charge in [-0.1, -0.05) is 181 Å². The second-order valence-corrected chi connectivity index (χ2v) is 16.0. The average Bonchev–Trinajstić information content (AvgIpc) is 3.59. The number of nitrogens with one attached hydrogen (secondary N) is 1. The molecule has 2 heterocycles. The van der Waals surface area contributed by atoms with Crippen molar-refractivity contribution in [2.45, 2.75) is 12.3 Å². The topological polar surface area (TPSA) is 15.3 Å². The first kappa shape index (κ1) is 33.8. The van der Waals surface area contributed by atoms with Crippen molar-refractivity contribution in [2.75, 3.05) is 10.2 Å². The van der Waals surface area contributed by atoms with E-state index in [2.05, 4.69) is 231 Å². The van der Waals surface area contributed by atoms with Crippen LogP contribution in [0.5, 0.6) is 0 Å². The summed E-state index contributed by atoms with van der Waals surface area (Å²) in [5.74, 6) is 0. The maximum Gasteiger partial charge on any atom is 0.197 e. The minimum Gasteiger partial charge on any atom is -0.355 e. The summed E-state index contributed by atoms with van der Waals surface area (Å²) in [4.78, 5) is 2.56. The summed E-state index contributed by atoms with van der Waals surface area (Å²) in [6.07, 6.45) is 0. The van der Waals surface area contributed by atoms with Gasteiger partial charge in [-0.15, -0.1) is 0 Å². The van der Waals surface area contributed by atoms with Crippen LogP contribution < -0.4 is 21.1 Å². The molecule has 0 atom stereocenters. The Labute approximate surface area is 346 Å². The van der Waals surface area contributed by atoms with Crippen molar-refractivity contribution < 1.29 is 0 Å². The third kappa shape index (κ3) is 5.01. The Bertz CT molecular complexity index is 3070. The number of aryl methyl sites for hydroxylation is 1. The van der Waals surface area contributed by atoms with Crippen LogP contribution in [-0.4, -0.2) is 7.28 Å². The molecule has 9 aromatic carbocycles. The molecule has 1 radical (unpaired) electrons. The molecule has 0 amide bonds. The normalized spacial score (nSPS) is 13.4. The van der Waals surface area contributed by atoms with Crippen LogP contribution >= 0.6 is 0 Å². The average molecular weight is 750 g/mol. The number of rotatable bonds is 5. The van der Waals surface area contributed by atoms with Gasteiger partial charge in [0, 0.05) is 28.3 Å². The summed E-state index contributed by atoms with van der Waals surface area (Å²) in [5.41, 5.74) is 24.1. The molecule has 275 valence electrons. The van der Waals surface area contributed by atoms with Crippen molar-refractivity contribution in [3.63, 3.8) is 0 Å². The van der Waals surface area contributed by atoms with Crippen molar-refractivity contribution in [3.8, 4) is 44.5 Å². The van der Waals surface area contributed by atoms with Crippen LogP contribution in [0.15, 0.2) is 206 Å². The highest BCUT2D eigenvalue weighted by Crippen LogP contribution is 2.63. The zero-order valence-corrected chi connectivity index (χ0v) is 32.7. The first-order valence-corrected chi connectivity index (χ1v) is 20.5. The van der Waals surface area contributed by atoms with Gasteiger partial charge in [0.2, 0.25) is 0 Å². The molecule has 3 heteroatoms. The Morgan fingerprint density at radius 3 is 1.71 bits per heavy atom. The predicted octanol–water partition coefficient (Wildman–Crippen LogP) is 12.9. The summed E-state index contributed by atoms with van der Waals surface area (Å²) in [5, 5.41) is 3.89. The lowest BCUT2D eigenvalue weighted by atomic mass is 9.54. The van der Waals surface area contributed by atoms with Gasteiger partial charge in [-0.25, -0.2) is 0 Å². The highest BCUT2D eigenvalue weighted by molar-refractivity contribution is 6.73. The number of fused-ring (bicyclic) bond motifs is 11. The second-order valence-electron chi connectivity index (χ2n) is 16.0. The first-order valence-electron chi connectivity index (χ1n) is 20.5. The number of hydrogen-bond acceptors (Lipinski definition) is 2. The van der Waals surface area contributed by atoms with E-state index in [4.69, 9.17) is 0 Å². The van der Waals surface area contributed by atoms with E-state index in [-0.39, 0.29) is 0 Å². The zero-order chi connectivity index (χ0) is 39.1. The van der Waals surface area contributed by atoms with E-state index >= 15 is 0 Å². The summed E-state index contributed by atoms with van der Waals surface area (Å²) in [6.45, 7) is 2.24. The molecule has 1 spiro atoms. The van der Waals surface area contributed by atoms with Crippen LogP contribution in [0.2, 0.25) is 0 Å². The Kier molecular flexibility index (Phi) is 7.49. The Morgan fingerprint density at radius 1 is 0.424 bits per heavy atom. The van der Waals surface area contributed by atoms with Gasteiger partial charge >= 0.3 is 0 Å². The molecule has 9 aromatic rings. The molecule has 0 aromatic heterocycles. The van der Waals surface area contributed by atoms with Gasteiger partial charge in [-0.3, -0.25) is 0 Å². The minimum atomic E-state index is -0.440. The van der Waals surface area contributed by atoms with Gasteiger partial charge in [-0.05, 0) is 109 Å². The van der Waals surface area contributed by atoms with E-state index in [9.17, 15) is 0 Å². The molecule has 2 aliphatic heterocycles. The van der Waals surface area contributed by atoms with Crippen LogP contribution in [0.1, 0.15) is 27.8 Å². The smallest absolute Gasteiger partial charge is 0.197 e. The summed E-state index contributed by atoms with van der Waals surface area (Å²) in [6, 6.07) is 75.8. The van der Waals surface area contributed by atoms with Crippen molar-refractivity contribution in [1.29, 1.82) is 0 Å². The van der Waals surface area contributed by atoms with Gasteiger partial charge in [0.25, 0.3) is 0 Å². The van der Waals surface area contributed by atoms with Crippen LogP contribution in [0.3, 0.4) is 0 Å². The molecule has 2 nitrogen and oxygen atoms in total. The molecule has 3 aliphatic rings. The summed E-state index contributed by atoms with van der Waals surface area (Å²) in [7, 11) is 2.44. The third-order valence-electron chi connectivity index (χ3n) is 12.7. The highest BCUT2D eigenvalue weighted by Gasteiger charge is 2.52. The van der Waals surface area contributed by atoms with E-state index in [0.29, 0.717) is 0 Å². The van der Waals surface area contributed by atoms with E-state index in [1.807, 2.05) is 0 Å². The minimum absolute atomic E-state index is 0.440. The van der Waals surface area contributed by atoms with E-state index < -0.39 is 5.41 Å². The third-order valence-corrected chi connectivity index (χ3v) is 12.7. The molecule has 12 rings (SSSR count). The monoisotopic (exact) mass is 749 g/mol. The second kappa shape index (κ2) is 13.1. The molecule has 0 saturated heterocycles. The molecular formula is C56H38BN2. The van der Waals surface area contributed by atoms with Crippen molar-refractivity contribution in [1.82, 2.24) is 0 Å². The number of benzene rings is 9.